The zero-order chi connectivity index (χ0) is 33.3. The van der Waals surface area contributed by atoms with Crippen LogP contribution in [0, 0.1) is 25.7 Å². The summed E-state index contributed by atoms with van der Waals surface area (Å²) >= 11 is 0. The number of rotatable bonds is 12. The van der Waals surface area contributed by atoms with Gasteiger partial charge >= 0.3 is 0 Å². The first-order valence-electron chi connectivity index (χ1n) is 16.3. The van der Waals surface area contributed by atoms with E-state index >= 15 is 4.79 Å². The van der Waals surface area contributed by atoms with Gasteiger partial charge in [-0.2, -0.15) is 0 Å². The number of hydrogen-bond donors (Lipinski definition) is 1. The van der Waals surface area contributed by atoms with Crippen molar-refractivity contribution in [2.24, 2.45) is 11.8 Å². The molecular formula is C39H43N3O5. The van der Waals surface area contributed by atoms with E-state index in [-0.39, 0.29) is 24.3 Å². The van der Waals surface area contributed by atoms with E-state index in [9.17, 15) is 14.7 Å². The molecule has 0 aliphatic carbocycles. The van der Waals surface area contributed by atoms with Gasteiger partial charge in [-0.15, -0.1) is 13.2 Å². The van der Waals surface area contributed by atoms with Crippen LogP contribution in [0.3, 0.4) is 0 Å². The highest BCUT2D eigenvalue weighted by molar-refractivity contribution is 6.05. The van der Waals surface area contributed by atoms with Crippen LogP contribution in [0.25, 0.3) is 0 Å². The third kappa shape index (κ3) is 5.59. The molecular weight excluding hydrogens is 590 g/mol. The van der Waals surface area contributed by atoms with E-state index in [0.29, 0.717) is 31.5 Å². The van der Waals surface area contributed by atoms with Crippen LogP contribution in [0.5, 0.6) is 0 Å². The van der Waals surface area contributed by atoms with Crippen molar-refractivity contribution in [1.82, 2.24) is 9.80 Å². The molecule has 244 valence electrons. The molecule has 3 amide bonds. The van der Waals surface area contributed by atoms with Gasteiger partial charge in [0, 0.05) is 25.3 Å². The predicted molar refractivity (Wildman–Crippen MR) is 181 cm³/mol. The van der Waals surface area contributed by atoms with Gasteiger partial charge in [-0.3, -0.25) is 14.4 Å². The second-order valence-corrected chi connectivity index (χ2v) is 12.9. The standard InChI is InChI=1S/C39H43N3O5/c1-5-21-40(24-28-13-9-7-10-14-28)36(44)33-32-19-20-39(47-32)34(33)37(45)42(31(25-43)29-15-11-8-12-16-29)35(39)38(46)41(22-6-2)30-23-26(3)17-18-27(30)4/h5-18,23,31-35,43H,1-2,19-22,24-25H2,3-4H3/t31-,32-,33+,34+,35?,39?/m1/s1. The van der Waals surface area contributed by atoms with Gasteiger partial charge in [0.25, 0.3) is 5.91 Å². The molecule has 3 fully saturated rings. The molecule has 8 heteroatoms. The summed E-state index contributed by atoms with van der Waals surface area (Å²) in [7, 11) is 0. The van der Waals surface area contributed by atoms with Gasteiger partial charge in [0.1, 0.15) is 11.6 Å². The van der Waals surface area contributed by atoms with Gasteiger partial charge in [-0.25, -0.2) is 0 Å². The molecule has 0 aromatic heterocycles. The normalized spacial score (nSPS) is 24.9. The van der Waals surface area contributed by atoms with Gasteiger partial charge in [-0.05, 0) is 55.0 Å². The maximum Gasteiger partial charge on any atom is 0.253 e. The summed E-state index contributed by atoms with van der Waals surface area (Å²) in [5.74, 6) is -2.50. The van der Waals surface area contributed by atoms with Crippen LogP contribution in [0.2, 0.25) is 0 Å². The van der Waals surface area contributed by atoms with Gasteiger partial charge in [0.05, 0.1) is 30.6 Å². The highest BCUT2D eigenvalue weighted by atomic mass is 16.5. The van der Waals surface area contributed by atoms with E-state index in [0.717, 1.165) is 22.4 Å². The Bertz CT molecular complexity index is 1660. The molecule has 3 aromatic rings. The summed E-state index contributed by atoms with van der Waals surface area (Å²) in [5.41, 5.74) is 3.06. The maximum absolute atomic E-state index is 15.1. The predicted octanol–water partition coefficient (Wildman–Crippen LogP) is 5.15. The van der Waals surface area contributed by atoms with Crippen molar-refractivity contribution in [2.45, 2.75) is 57.0 Å². The molecule has 3 aliphatic rings. The van der Waals surface area contributed by atoms with Crippen molar-refractivity contribution in [3.05, 3.63) is 126 Å². The van der Waals surface area contributed by atoms with Crippen LogP contribution in [0.1, 0.15) is 41.1 Å². The van der Waals surface area contributed by atoms with Gasteiger partial charge < -0.3 is 24.5 Å². The fourth-order valence-corrected chi connectivity index (χ4v) is 8.01. The number of hydrogen-bond acceptors (Lipinski definition) is 5. The molecule has 2 bridgehead atoms. The van der Waals surface area contributed by atoms with Crippen LogP contribution in [0.4, 0.5) is 5.69 Å². The Morgan fingerprint density at radius 2 is 1.68 bits per heavy atom. The number of aryl methyl sites for hydroxylation is 2. The molecule has 1 spiro atoms. The summed E-state index contributed by atoms with van der Waals surface area (Å²) in [5, 5.41) is 10.9. The number of ether oxygens (including phenoxy) is 1. The van der Waals surface area contributed by atoms with E-state index in [1.165, 1.54) is 4.90 Å². The highest BCUT2D eigenvalue weighted by Gasteiger charge is 2.75. The molecule has 6 rings (SSSR count). The van der Waals surface area contributed by atoms with Gasteiger partial charge in [0.2, 0.25) is 11.8 Å². The van der Waals surface area contributed by atoms with E-state index in [1.54, 1.807) is 22.0 Å². The zero-order valence-electron chi connectivity index (χ0n) is 27.1. The van der Waals surface area contributed by atoms with Crippen LogP contribution < -0.4 is 4.90 Å². The Labute approximate surface area is 276 Å². The number of amides is 3. The first-order chi connectivity index (χ1) is 22.7. The number of nitrogens with zero attached hydrogens (tertiary/aromatic N) is 3. The van der Waals surface area contributed by atoms with E-state index in [4.69, 9.17) is 4.74 Å². The Hall–Kier alpha value is -4.53. The maximum atomic E-state index is 15.1. The van der Waals surface area contributed by atoms with Gasteiger partial charge in [-0.1, -0.05) is 84.9 Å². The molecule has 1 N–H and O–H groups in total. The third-order valence-electron chi connectivity index (χ3n) is 10.1. The van der Waals surface area contributed by atoms with E-state index in [1.807, 2.05) is 92.7 Å². The number of carbonyl (C=O) groups excluding carboxylic acids is 3. The summed E-state index contributed by atoms with van der Waals surface area (Å²) < 4.78 is 6.79. The largest absolute Gasteiger partial charge is 0.394 e. The van der Waals surface area contributed by atoms with Crippen molar-refractivity contribution < 1.29 is 24.2 Å². The Morgan fingerprint density at radius 1 is 1.00 bits per heavy atom. The Morgan fingerprint density at radius 3 is 2.34 bits per heavy atom. The minimum Gasteiger partial charge on any atom is -0.394 e. The average Bonchev–Trinajstić information content (AvgIpc) is 3.73. The fraction of sp³-hybridized carbons (Fsp3) is 0.359. The molecule has 2 unspecified atom stereocenters. The first-order valence-corrected chi connectivity index (χ1v) is 16.3. The van der Waals surface area contributed by atoms with Crippen molar-refractivity contribution in [3.63, 3.8) is 0 Å². The summed E-state index contributed by atoms with van der Waals surface area (Å²) in [6.45, 7) is 12.2. The first kappa shape index (κ1) is 32.4. The van der Waals surface area contributed by atoms with Gasteiger partial charge in [0.15, 0.2) is 0 Å². The van der Waals surface area contributed by atoms with Crippen LogP contribution in [0.15, 0.2) is 104 Å². The second-order valence-electron chi connectivity index (χ2n) is 12.9. The lowest BCUT2D eigenvalue weighted by Crippen LogP contribution is -2.57. The number of anilines is 1. The lowest BCUT2D eigenvalue weighted by Gasteiger charge is -2.39. The van der Waals surface area contributed by atoms with E-state index in [2.05, 4.69) is 13.2 Å². The quantitative estimate of drug-likeness (QED) is 0.279. The van der Waals surface area contributed by atoms with Crippen molar-refractivity contribution in [3.8, 4) is 0 Å². The number of benzene rings is 3. The zero-order valence-corrected chi connectivity index (χ0v) is 27.1. The monoisotopic (exact) mass is 633 g/mol. The lowest BCUT2D eigenvalue weighted by molar-refractivity contribution is -0.147. The third-order valence-corrected chi connectivity index (χ3v) is 10.1. The lowest BCUT2D eigenvalue weighted by atomic mass is 9.70. The Balaban J connectivity index is 1.46. The number of likely N-dealkylation sites (tertiary alicyclic amines) is 1. The topological polar surface area (TPSA) is 90.4 Å². The molecule has 8 nitrogen and oxygen atoms in total. The van der Waals surface area contributed by atoms with E-state index < -0.39 is 42.2 Å². The minimum atomic E-state index is -1.23. The number of fused-ring (bicyclic) bond motifs is 1. The second kappa shape index (κ2) is 13.3. The summed E-state index contributed by atoms with van der Waals surface area (Å²) in [4.78, 5) is 49.4. The smallest absolute Gasteiger partial charge is 0.253 e. The van der Waals surface area contributed by atoms with Crippen molar-refractivity contribution in [2.75, 3.05) is 24.6 Å². The number of carbonyl (C=O) groups is 3. The Kier molecular flexibility index (Phi) is 9.17. The molecule has 0 saturated carbocycles. The number of aliphatic hydroxyl groups is 1. The SMILES string of the molecule is C=CCN(Cc1ccccc1)C(=O)[C@@H]1[C@H]2C(=O)N([C@H](CO)c3ccccc3)C(C(=O)N(CC=C)c3cc(C)ccc3C)C23CC[C@H]1O3. The molecule has 3 aromatic carbocycles. The minimum absolute atomic E-state index is 0.190. The molecule has 3 aliphatic heterocycles. The molecule has 47 heavy (non-hydrogen) atoms. The molecule has 3 heterocycles. The summed E-state index contributed by atoms with van der Waals surface area (Å²) in [6, 6.07) is 23.0. The van der Waals surface area contributed by atoms with Crippen LogP contribution >= 0.6 is 0 Å². The highest BCUT2D eigenvalue weighted by Crippen LogP contribution is 2.60. The molecule has 3 saturated heterocycles. The van der Waals surface area contributed by atoms with Crippen LogP contribution in [-0.4, -0.2) is 70.1 Å². The fourth-order valence-electron chi connectivity index (χ4n) is 8.01. The summed E-state index contributed by atoms with van der Waals surface area (Å²) in [6.07, 6.45) is 3.86. The average molecular weight is 634 g/mol. The number of aliphatic hydroxyl groups excluding tert-OH is 1. The molecule has 6 atom stereocenters. The van der Waals surface area contributed by atoms with Crippen LogP contribution in [-0.2, 0) is 25.7 Å². The molecule has 0 radical (unpaired) electrons. The van der Waals surface area contributed by atoms with Crippen molar-refractivity contribution >= 4 is 23.4 Å². The van der Waals surface area contributed by atoms with Crippen molar-refractivity contribution in [1.29, 1.82) is 0 Å².